The van der Waals surface area contributed by atoms with Crippen LogP contribution in [0.4, 0.5) is 5.82 Å². The maximum Gasteiger partial charge on any atom is 0.180 e. The van der Waals surface area contributed by atoms with Crippen LogP contribution in [-0.4, -0.2) is 26.4 Å². The van der Waals surface area contributed by atoms with Crippen molar-refractivity contribution in [1.82, 2.24) is 19.4 Å². The first-order valence-corrected chi connectivity index (χ1v) is 8.72. The maximum atomic E-state index is 4.38. The van der Waals surface area contributed by atoms with Gasteiger partial charge in [-0.3, -0.25) is 9.38 Å². The van der Waals surface area contributed by atoms with E-state index < -0.39 is 0 Å². The topological polar surface area (TPSA) is 55.1 Å². The van der Waals surface area contributed by atoms with Gasteiger partial charge in [-0.1, -0.05) is 48.0 Å². The number of hydrogen-bond acceptors (Lipinski definition) is 4. The third kappa shape index (κ3) is 5.65. The Morgan fingerprint density at radius 1 is 0.958 bits per heavy atom. The van der Waals surface area contributed by atoms with E-state index in [4.69, 9.17) is 0 Å². The van der Waals surface area contributed by atoms with Gasteiger partial charge in [-0.15, -0.1) is 0 Å². The van der Waals surface area contributed by atoms with E-state index in [1.54, 1.807) is 18.6 Å². The summed E-state index contributed by atoms with van der Waals surface area (Å²) in [6, 6.07) is 3.92. The number of pyridine rings is 1. The van der Waals surface area contributed by atoms with Crippen LogP contribution in [0.3, 0.4) is 0 Å². The fraction of sp³-hybridized carbons (Fsp3) is 0.421. The number of fused-ring (bicyclic) bond motifs is 1. The normalized spacial score (nSPS) is 8.79. The van der Waals surface area contributed by atoms with Gasteiger partial charge in [0.1, 0.15) is 0 Å². The van der Waals surface area contributed by atoms with E-state index in [0.717, 1.165) is 22.7 Å². The fourth-order valence-corrected chi connectivity index (χ4v) is 1.83. The van der Waals surface area contributed by atoms with Crippen molar-refractivity contribution in [3.8, 4) is 11.3 Å². The van der Waals surface area contributed by atoms with Crippen molar-refractivity contribution in [2.75, 3.05) is 12.4 Å². The summed E-state index contributed by atoms with van der Waals surface area (Å²) in [6.07, 6.45) is 10.3. The summed E-state index contributed by atoms with van der Waals surface area (Å²) in [4.78, 5) is 12.6. The van der Waals surface area contributed by atoms with Crippen molar-refractivity contribution in [3.63, 3.8) is 0 Å². The third-order valence-corrected chi connectivity index (χ3v) is 2.64. The van der Waals surface area contributed by atoms with Gasteiger partial charge in [-0.25, -0.2) is 9.97 Å². The molecule has 3 aromatic rings. The highest BCUT2D eigenvalue weighted by molar-refractivity contribution is 5.70. The summed E-state index contributed by atoms with van der Waals surface area (Å²) in [5.74, 6) is 0.771. The van der Waals surface area contributed by atoms with E-state index >= 15 is 0 Å². The minimum absolute atomic E-state index is 0.771. The lowest BCUT2D eigenvalue weighted by molar-refractivity contribution is 1.09. The molecule has 0 fully saturated rings. The van der Waals surface area contributed by atoms with E-state index in [9.17, 15) is 0 Å². The van der Waals surface area contributed by atoms with Gasteiger partial charge >= 0.3 is 0 Å². The molecular formula is C19H31N5. The predicted octanol–water partition coefficient (Wildman–Crippen LogP) is 5.30. The van der Waals surface area contributed by atoms with Gasteiger partial charge in [-0.2, -0.15) is 0 Å². The van der Waals surface area contributed by atoms with Crippen LogP contribution < -0.4 is 5.32 Å². The van der Waals surface area contributed by atoms with Crippen molar-refractivity contribution >= 4 is 11.5 Å². The summed E-state index contributed by atoms with van der Waals surface area (Å²) in [6.45, 7) is 12.2. The summed E-state index contributed by atoms with van der Waals surface area (Å²) >= 11 is 0. The Kier molecular flexibility index (Phi) is 11.7. The minimum Gasteiger partial charge on any atom is -0.370 e. The molecule has 0 aliphatic heterocycles. The van der Waals surface area contributed by atoms with Gasteiger partial charge in [0.25, 0.3) is 0 Å². The molecule has 3 rings (SSSR count). The molecule has 24 heavy (non-hydrogen) atoms. The fourth-order valence-electron chi connectivity index (χ4n) is 1.83. The van der Waals surface area contributed by atoms with Gasteiger partial charge in [0.2, 0.25) is 0 Å². The van der Waals surface area contributed by atoms with Crippen LogP contribution in [0.1, 0.15) is 48.0 Å². The quantitative estimate of drug-likeness (QED) is 0.693. The standard InChI is InChI=1S/C12H11N5.C3H8.2C2H6/c1-13-11-12-16-8-10(17(12)7-6-15-11)9-2-4-14-5-3-9;1-3-2;2*1-2/h2-8H,1H3,(H,13,15);3H2,1-2H3;2*1-2H3. The van der Waals surface area contributed by atoms with Gasteiger partial charge in [-0.05, 0) is 12.1 Å². The van der Waals surface area contributed by atoms with Crippen LogP contribution in [0.15, 0.2) is 43.1 Å². The summed E-state index contributed by atoms with van der Waals surface area (Å²) < 4.78 is 2.01. The van der Waals surface area contributed by atoms with E-state index in [2.05, 4.69) is 34.1 Å². The number of hydrogen-bond donors (Lipinski definition) is 1. The lowest BCUT2D eigenvalue weighted by Gasteiger charge is -2.03. The Hall–Kier alpha value is -2.43. The Balaban J connectivity index is 0.000000667. The molecule has 1 N–H and O–H groups in total. The lowest BCUT2D eigenvalue weighted by Crippen LogP contribution is -1.97. The van der Waals surface area contributed by atoms with E-state index in [1.807, 2.05) is 63.7 Å². The van der Waals surface area contributed by atoms with E-state index in [-0.39, 0.29) is 0 Å². The zero-order valence-corrected chi connectivity index (χ0v) is 16.0. The Morgan fingerprint density at radius 2 is 1.54 bits per heavy atom. The van der Waals surface area contributed by atoms with Crippen LogP contribution in [0.25, 0.3) is 16.9 Å². The second-order valence-electron chi connectivity index (χ2n) is 4.31. The van der Waals surface area contributed by atoms with Crippen LogP contribution in [-0.2, 0) is 0 Å². The zero-order chi connectivity index (χ0) is 18.4. The first-order valence-electron chi connectivity index (χ1n) is 8.72. The summed E-state index contributed by atoms with van der Waals surface area (Å²) in [5, 5.41) is 3.03. The molecule has 0 radical (unpaired) electrons. The molecule has 0 bridgehead atoms. The molecule has 3 aromatic heterocycles. The number of rotatable bonds is 2. The third-order valence-electron chi connectivity index (χ3n) is 2.64. The van der Waals surface area contributed by atoms with Crippen LogP contribution in [0, 0.1) is 0 Å². The average molecular weight is 329 g/mol. The SMILES string of the molecule is CC.CC.CCC.CNc1nccn2c(-c3ccncc3)cnc12. The van der Waals surface area contributed by atoms with Crippen molar-refractivity contribution in [1.29, 1.82) is 0 Å². The van der Waals surface area contributed by atoms with Gasteiger partial charge in [0.05, 0.1) is 11.9 Å². The molecule has 5 nitrogen and oxygen atoms in total. The molecule has 0 saturated carbocycles. The highest BCUT2D eigenvalue weighted by Gasteiger charge is 2.08. The zero-order valence-electron chi connectivity index (χ0n) is 16.0. The molecule has 0 amide bonds. The molecule has 0 unspecified atom stereocenters. The highest BCUT2D eigenvalue weighted by Crippen LogP contribution is 2.22. The number of aromatic nitrogens is 4. The molecule has 3 heterocycles. The summed E-state index contributed by atoms with van der Waals surface area (Å²) in [7, 11) is 1.84. The van der Waals surface area contributed by atoms with Crippen molar-refractivity contribution < 1.29 is 0 Å². The molecule has 0 aromatic carbocycles. The van der Waals surface area contributed by atoms with Gasteiger partial charge in [0.15, 0.2) is 11.5 Å². The monoisotopic (exact) mass is 329 g/mol. The Morgan fingerprint density at radius 3 is 2.08 bits per heavy atom. The number of nitrogens with one attached hydrogen (secondary N) is 1. The molecule has 132 valence electrons. The van der Waals surface area contributed by atoms with E-state index in [0.29, 0.717) is 0 Å². The highest BCUT2D eigenvalue weighted by atomic mass is 15.1. The molecule has 0 atom stereocenters. The van der Waals surface area contributed by atoms with Crippen molar-refractivity contribution in [2.24, 2.45) is 0 Å². The minimum atomic E-state index is 0.771. The Labute approximate surface area is 146 Å². The van der Waals surface area contributed by atoms with Crippen LogP contribution >= 0.6 is 0 Å². The molecular weight excluding hydrogens is 298 g/mol. The molecule has 0 aliphatic rings. The van der Waals surface area contributed by atoms with Crippen LogP contribution in [0.2, 0.25) is 0 Å². The second kappa shape index (κ2) is 13.0. The molecule has 0 saturated heterocycles. The average Bonchev–Trinajstić information content (AvgIpc) is 3.10. The van der Waals surface area contributed by atoms with Gasteiger partial charge in [0, 0.05) is 37.4 Å². The molecule has 0 spiro atoms. The largest absolute Gasteiger partial charge is 0.370 e. The summed E-state index contributed by atoms with van der Waals surface area (Å²) in [5.41, 5.74) is 2.93. The van der Waals surface area contributed by atoms with Gasteiger partial charge < -0.3 is 5.32 Å². The van der Waals surface area contributed by atoms with Crippen LogP contribution in [0.5, 0.6) is 0 Å². The lowest BCUT2D eigenvalue weighted by atomic mass is 10.2. The second-order valence-corrected chi connectivity index (χ2v) is 4.31. The maximum absolute atomic E-state index is 4.38. The van der Waals surface area contributed by atoms with Crippen molar-refractivity contribution in [3.05, 3.63) is 43.1 Å². The van der Waals surface area contributed by atoms with Crippen molar-refractivity contribution in [2.45, 2.75) is 48.0 Å². The number of nitrogens with zero attached hydrogens (tertiary/aromatic N) is 4. The van der Waals surface area contributed by atoms with E-state index in [1.165, 1.54) is 6.42 Å². The number of anilines is 1. The molecule has 5 heteroatoms. The first kappa shape index (κ1) is 21.6. The first-order chi connectivity index (χ1) is 11.8. The number of imidazole rings is 1. The smallest absolute Gasteiger partial charge is 0.180 e. The Bertz CT molecular complexity index is 662. The predicted molar refractivity (Wildman–Crippen MR) is 104 cm³/mol. The molecule has 0 aliphatic carbocycles.